The molecule has 0 fully saturated rings. The van der Waals surface area contributed by atoms with Crippen molar-refractivity contribution in [2.24, 2.45) is 0 Å². The molecular formula is C7H13N3O3S. The molecule has 0 spiro atoms. The lowest BCUT2D eigenvalue weighted by atomic mass is 10.5. The van der Waals surface area contributed by atoms with E-state index in [2.05, 4.69) is 4.98 Å². The molecule has 7 heteroatoms. The van der Waals surface area contributed by atoms with E-state index in [1.807, 2.05) is 0 Å². The third-order valence-corrected chi connectivity index (χ3v) is 3.49. The minimum atomic E-state index is -3.49. The van der Waals surface area contributed by atoms with E-state index in [1.165, 1.54) is 30.1 Å². The fourth-order valence-electron chi connectivity index (χ4n) is 0.953. The van der Waals surface area contributed by atoms with E-state index < -0.39 is 10.2 Å². The van der Waals surface area contributed by atoms with Crippen LogP contribution in [-0.4, -0.2) is 47.0 Å². The first kappa shape index (κ1) is 11.2. The second-order valence-corrected chi connectivity index (χ2v) is 4.74. The Morgan fingerprint density at radius 1 is 1.57 bits per heavy atom. The van der Waals surface area contributed by atoms with Gasteiger partial charge in [-0.25, -0.2) is 8.96 Å². The van der Waals surface area contributed by atoms with E-state index in [9.17, 15) is 8.42 Å². The molecular weight excluding hydrogens is 206 g/mol. The molecule has 1 aromatic rings. The first-order valence-corrected chi connectivity index (χ1v) is 5.54. The van der Waals surface area contributed by atoms with Gasteiger partial charge in [0.2, 0.25) is 0 Å². The second-order valence-electron chi connectivity index (χ2n) is 2.80. The average molecular weight is 219 g/mol. The topological polar surface area (TPSA) is 75.4 Å². The van der Waals surface area contributed by atoms with E-state index in [1.54, 1.807) is 0 Å². The molecule has 1 aromatic heterocycles. The van der Waals surface area contributed by atoms with Crippen molar-refractivity contribution in [3.8, 4) is 0 Å². The smallest absolute Gasteiger partial charge is 0.308 e. The highest BCUT2D eigenvalue weighted by Gasteiger charge is 2.18. The predicted molar refractivity (Wildman–Crippen MR) is 50.9 cm³/mol. The molecule has 0 atom stereocenters. The monoisotopic (exact) mass is 219 g/mol. The van der Waals surface area contributed by atoms with E-state index in [-0.39, 0.29) is 13.2 Å². The van der Waals surface area contributed by atoms with Crippen LogP contribution >= 0.6 is 0 Å². The van der Waals surface area contributed by atoms with Crippen LogP contribution in [0.15, 0.2) is 18.7 Å². The molecule has 0 saturated carbocycles. The summed E-state index contributed by atoms with van der Waals surface area (Å²) in [5.74, 6) is 0. The molecule has 0 aliphatic heterocycles. The number of aromatic nitrogens is 2. The molecule has 80 valence electrons. The summed E-state index contributed by atoms with van der Waals surface area (Å²) in [6.45, 7) is 0.265. The van der Waals surface area contributed by atoms with Crippen LogP contribution in [0.2, 0.25) is 0 Å². The van der Waals surface area contributed by atoms with Crippen LogP contribution in [0.4, 0.5) is 0 Å². The molecule has 1 N–H and O–H groups in total. The van der Waals surface area contributed by atoms with Crippen molar-refractivity contribution in [2.45, 2.75) is 6.42 Å². The van der Waals surface area contributed by atoms with Crippen LogP contribution in [0.3, 0.4) is 0 Å². The highest BCUT2D eigenvalue weighted by Crippen LogP contribution is 2.02. The maximum atomic E-state index is 11.7. The maximum absolute atomic E-state index is 11.7. The van der Waals surface area contributed by atoms with Gasteiger partial charge in [-0.05, 0) is 6.42 Å². The Kier molecular flexibility index (Phi) is 3.62. The Hall–Kier alpha value is -0.920. The van der Waals surface area contributed by atoms with Gasteiger partial charge in [-0.1, -0.05) is 0 Å². The van der Waals surface area contributed by atoms with Crippen molar-refractivity contribution in [3.05, 3.63) is 18.7 Å². The summed E-state index contributed by atoms with van der Waals surface area (Å²) in [5.41, 5.74) is 0. The summed E-state index contributed by atoms with van der Waals surface area (Å²) >= 11 is 0. The fourth-order valence-corrected chi connectivity index (χ4v) is 2.02. The summed E-state index contributed by atoms with van der Waals surface area (Å²) in [4.78, 5) is 3.66. The van der Waals surface area contributed by atoms with Crippen LogP contribution < -0.4 is 0 Å². The Labute approximate surface area is 83.0 Å². The number of aliphatic hydroxyl groups is 1. The van der Waals surface area contributed by atoms with Crippen LogP contribution in [0.5, 0.6) is 0 Å². The number of nitrogens with zero attached hydrogens (tertiary/aromatic N) is 3. The molecule has 0 aliphatic rings. The molecule has 0 saturated heterocycles. The average Bonchev–Trinajstić information content (AvgIpc) is 2.67. The highest BCUT2D eigenvalue weighted by molar-refractivity contribution is 7.87. The minimum Gasteiger partial charge on any atom is -0.396 e. The van der Waals surface area contributed by atoms with Crippen LogP contribution in [0.1, 0.15) is 6.42 Å². The molecule has 1 heterocycles. The number of hydrogen-bond acceptors (Lipinski definition) is 4. The van der Waals surface area contributed by atoms with Gasteiger partial charge in [0, 0.05) is 32.6 Å². The molecule has 6 nitrogen and oxygen atoms in total. The van der Waals surface area contributed by atoms with Gasteiger partial charge in [0.25, 0.3) is 0 Å². The number of hydrogen-bond donors (Lipinski definition) is 1. The van der Waals surface area contributed by atoms with Gasteiger partial charge >= 0.3 is 10.2 Å². The van der Waals surface area contributed by atoms with Gasteiger partial charge in [-0.2, -0.15) is 12.7 Å². The van der Waals surface area contributed by atoms with Crippen LogP contribution in [0.25, 0.3) is 0 Å². The zero-order chi connectivity index (χ0) is 10.6. The minimum absolute atomic E-state index is 0.0240. The van der Waals surface area contributed by atoms with E-state index in [0.29, 0.717) is 6.42 Å². The van der Waals surface area contributed by atoms with Gasteiger partial charge in [-0.15, -0.1) is 0 Å². The first-order valence-electron chi connectivity index (χ1n) is 4.14. The fraction of sp³-hybridized carbons (Fsp3) is 0.571. The first-order chi connectivity index (χ1) is 6.59. The molecule has 14 heavy (non-hydrogen) atoms. The lowest BCUT2D eigenvalue weighted by molar-refractivity contribution is 0.275. The molecule has 1 rings (SSSR count). The number of imidazole rings is 1. The van der Waals surface area contributed by atoms with E-state index in [0.717, 1.165) is 3.97 Å². The quantitative estimate of drug-likeness (QED) is 0.710. The lowest BCUT2D eigenvalue weighted by Crippen LogP contribution is -2.32. The molecule has 0 aliphatic carbocycles. The molecule has 0 amide bonds. The van der Waals surface area contributed by atoms with Crippen molar-refractivity contribution in [3.63, 3.8) is 0 Å². The Balaban J connectivity index is 2.76. The van der Waals surface area contributed by atoms with Crippen molar-refractivity contribution in [2.75, 3.05) is 20.2 Å². The zero-order valence-electron chi connectivity index (χ0n) is 7.87. The van der Waals surface area contributed by atoms with Crippen molar-refractivity contribution < 1.29 is 13.5 Å². The van der Waals surface area contributed by atoms with E-state index >= 15 is 0 Å². The van der Waals surface area contributed by atoms with Crippen LogP contribution in [-0.2, 0) is 10.2 Å². The molecule has 0 unspecified atom stereocenters. The van der Waals surface area contributed by atoms with Gasteiger partial charge < -0.3 is 5.11 Å². The molecule has 0 radical (unpaired) electrons. The largest absolute Gasteiger partial charge is 0.396 e. The number of aliphatic hydroxyl groups excluding tert-OH is 1. The van der Waals surface area contributed by atoms with Gasteiger partial charge in [-0.3, -0.25) is 0 Å². The summed E-state index contributed by atoms with van der Waals surface area (Å²) in [7, 11) is -2.03. The van der Waals surface area contributed by atoms with E-state index in [4.69, 9.17) is 5.11 Å². The Morgan fingerprint density at radius 3 is 2.79 bits per heavy atom. The number of rotatable bonds is 5. The standard InChI is InChI=1S/C7H13N3O3S/c1-9(4-2-6-11)14(12,13)10-5-3-8-7-10/h3,5,7,11H,2,4,6H2,1H3. The third-order valence-electron chi connectivity index (χ3n) is 1.77. The Morgan fingerprint density at radius 2 is 2.29 bits per heavy atom. The van der Waals surface area contributed by atoms with Crippen LogP contribution in [0, 0.1) is 0 Å². The lowest BCUT2D eigenvalue weighted by Gasteiger charge is -2.16. The summed E-state index contributed by atoms with van der Waals surface area (Å²) < 4.78 is 25.5. The van der Waals surface area contributed by atoms with Gasteiger partial charge in [0.15, 0.2) is 0 Å². The zero-order valence-corrected chi connectivity index (χ0v) is 8.68. The predicted octanol–water partition coefficient (Wildman–Crippen LogP) is -0.710. The summed E-state index contributed by atoms with van der Waals surface area (Å²) in [6.07, 6.45) is 4.41. The van der Waals surface area contributed by atoms with Gasteiger partial charge in [0.1, 0.15) is 6.33 Å². The Bertz CT molecular complexity index is 360. The second kappa shape index (κ2) is 4.54. The van der Waals surface area contributed by atoms with Crippen molar-refractivity contribution in [1.82, 2.24) is 13.3 Å². The molecule has 0 aromatic carbocycles. The van der Waals surface area contributed by atoms with Gasteiger partial charge in [0.05, 0.1) is 0 Å². The SMILES string of the molecule is CN(CCCO)S(=O)(=O)n1ccnc1. The third kappa shape index (κ3) is 2.31. The maximum Gasteiger partial charge on any atom is 0.308 e. The normalized spacial score (nSPS) is 12.2. The highest BCUT2D eigenvalue weighted by atomic mass is 32.2. The summed E-state index contributed by atoms with van der Waals surface area (Å²) in [5, 5.41) is 8.57. The van der Waals surface area contributed by atoms with Crippen molar-refractivity contribution in [1.29, 1.82) is 0 Å². The molecule has 0 bridgehead atoms. The van der Waals surface area contributed by atoms with Crippen molar-refractivity contribution >= 4 is 10.2 Å². The summed E-state index contributed by atoms with van der Waals surface area (Å²) in [6, 6.07) is 0.